The Morgan fingerprint density at radius 1 is 1.41 bits per heavy atom. The zero-order chi connectivity index (χ0) is 15.3. The Labute approximate surface area is 128 Å². The van der Waals surface area contributed by atoms with E-state index in [1.54, 1.807) is 11.2 Å². The molecule has 1 saturated carbocycles. The molecule has 0 radical (unpaired) electrons. The van der Waals surface area contributed by atoms with E-state index in [-0.39, 0.29) is 5.91 Å². The van der Waals surface area contributed by atoms with Gasteiger partial charge in [-0.15, -0.1) is 0 Å². The molecule has 0 aromatic carbocycles. The predicted molar refractivity (Wildman–Crippen MR) is 76.8 cm³/mol. The Morgan fingerprint density at radius 3 is 2.82 bits per heavy atom. The van der Waals surface area contributed by atoms with Crippen LogP contribution in [0.25, 0.3) is 0 Å². The standard InChI is InChI=1S/C16H20N2O4/c19-14-13-8-17(7-12-2-1-5-22-12)9-16(13,15(20)21)10-18(14)6-11-3-4-11/h1-2,5,11,13H,3-4,6-10H2,(H,20,21)/t13-,16-/m0/s1. The van der Waals surface area contributed by atoms with Crippen LogP contribution in [-0.2, 0) is 16.1 Å². The van der Waals surface area contributed by atoms with Crippen LogP contribution >= 0.6 is 0 Å². The van der Waals surface area contributed by atoms with Gasteiger partial charge in [0, 0.05) is 26.2 Å². The first-order chi connectivity index (χ1) is 10.6. The molecule has 0 bridgehead atoms. The number of nitrogens with zero attached hydrogens (tertiary/aromatic N) is 2. The molecule has 118 valence electrons. The lowest BCUT2D eigenvalue weighted by Crippen LogP contribution is -2.41. The van der Waals surface area contributed by atoms with Gasteiger partial charge in [-0.25, -0.2) is 0 Å². The number of carboxylic acids is 1. The molecule has 0 spiro atoms. The summed E-state index contributed by atoms with van der Waals surface area (Å²) in [5, 5.41) is 9.77. The summed E-state index contributed by atoms with van der Waals surface area (Å²) < 4.78 is 5.34. The van der Waals surface area contributed by atoms with Crippen LogP contribution in [0.4, 0.5) is 0 Å². The Bertz CT molecular complexity index is 595. The Morgan fingerprint density at radius 2 is 2.23 bits per heavy atom. The number of amides is 1. The zero-order valence-corrected chi connectivity index (χ0v) is 12.4. The first kappa shape index (κ1) is 13.8. The van der Waals surface area contributed by atoms with E-state index in [9.17, 15) is 14.7 Å². The minimum atomic E-state index is -0.946. The van der Waals surface area contributed by atoms with E-state index >= 15 is 0 Å². The fourth-order valence-corrected chi connectivity index (χ4v) is 3.91. The van der Waals surface area contributed by atoms with Crippen molar-refractivity contribution in [1.82, 2.24) is 9.80 Å². The molecule has 0 unspecified atom stereocenters. The second-order valence-electron chi connectivity index (χ2n) is 6.92. The fourth-order valence-electron chi connectivity index (χ4n) is 3.91. The predicted octanol–water partition coefficient (Wildman–Crippen LogP) is 1.03. The summed E-state index contributed by atoms with van der Waals surface area (Å²) in [7, 11) is 0. The van der Waals surface area contributed by atoms with E-state index in [0.717, 1.165) is 12.3 Å². The number of carboxylic acid groups (broad SMARTS) is 1. The van der Waals surface area contributed by atoms with Crippen LogP contribution in [0.2, 0.25) is 0 Å². The van der Waals surface area contributed by atoms with E-state index in [0.29, 0.717) is 32.1 Å². The number of rotatable bonds is 5. The number of carbonyl (C=O) groups excluding carboxylic acids is 1. The first-order valence-electron chi connectivity index (χ1n) is 7.85. The van der Waals surface area contributed by atoms with Gasteiger partial charge in [0.1, 0.15) is 11.2 Å². The molecule has 2 aliphatic heterocycles. The highest BCUT2D eigenvalue weighted by atomic mass is 16.4. The smallest absolute Gasteiger partial charge is 0.313 e. The monoisotopic (exact) mass is 304 g/mol. The molecule has 6 heteroatoms. The van der Waals surface area contributed by atoms with Crippen molar-refractivity contribution in [3.8, 4) is 0 Å². The third kappa shape index (κ3) is 2.13. The SMILES string of the molecule is O=C1[C@@H]2CN(Cc3ccco3)C[C@]2(C(=O)O)CN1CC1CC1. The van der Waals surface area contributed by atoms with Crippen molar-refractivity contribution in [2.24, 2.45) is 17.3 Å². The van der Waals surface area contributed by atoms with Crippen LogP contribution < -0.4 is 0 Å². The van der Waals surface area contributed by atoms with Gasteiger partial charge >= 0.3 is 5.97 Å². The van der Waals surface area contributed by atoms with Crippen LogP contribution in [0.3, 0.4) is 0 Å². The molecule has 2 atom stereocenters. The van der Waals surface area contributed by atoms with Crippen molar-refractivity contribution < 1.29 is 19.1 Å². The van der Waals surface area contributed by atoms with Crippen molar-refractivity contribution in [1.29, 1.82) is 0 Å². The van der Waals surface area contributed by atoms with E-state index < -0.39 is 17.3 Å². The molecule has 4 rings (SSSR count). The van der Waals surface area contributed by atoms with Crippen molar-refractivity contribution in [2.75, 3.05) is 26.2 Å². The van der Waals surface area contributed by atoms with Crippen LogP contribution in [0, 0.1) is 17.3 Å². The molecule has 6 nitrogen and oxygen atoms in total. The van der Waals surface area contributed by atoms with Gasteiger partial charge in [0.05, 0.1) is 18.7 Å². The number of fused-ring (bicyclic) bond motifs is 1. The van der Waals surface area contributed by atoms with Crippen LogP contribution in [-0.4, -0.2) is 53.0 Å². The lowest BCUT2D eigenvalue weighted by molar-refractivity contribution is -0.149. The van der Waals surface area contributed by atoms with Gasteiger partial charge in [0.15, 0.2) is 0 Å². The molecule has 3 heterocycles. The molecule has 1 aromatic heterocycles. The Kier molecular flexibility index (Phi) is 3.04. The summed E-state index contributed by atoms with van der Waals surface area (Å²) in [6.07, 6.45) is 3.94. The summed E-state index contributed by atoms with van der Waals surface area (Å²) in [6, 6.07) is 3.70. The number of carbonyl (C=O) groups is 2. The van der Waals surface area contributed by atoms with Gasteiger partial charge in [-0.2, -0.15) is 0 Å². The quantitative estimate of drug-likeness (QED) is 0.879. The van der Waals surface area contributed by atoms with Gasteiger partial charge in [-0.3, -0.25) is 14.5 Å². The van der Waals surface area contributed by atoms with E-state index in [1.807, 2.05) is 17.0 Å². The molecule has 3 fully saturated rings. The molecule has 1 aliphatic carbocycles. The zero-order valence-electron chi connectivity index (χ0n) is 12.4. The third-order valence-electron chi connectivity index (χ3n) is 5.26. The normalized spacial score (nSPS) is 31.7. The van der Waals surface area contributed by atoms with Gasteiger partial charge in [-0.1, -0.05) is 0 Å². The largest absolute Gasteiger partial charge is 0.481 e. The van der Waals surface area contributed by atoms with Crippen molar-refractivity contribution in [2.45, 2.75) is 19.4 Å². The first-order valence-corrected chi connectivity index (χ1v) is 7.85. The number of hydrogen-bond donors (Lipinski definition) is 1. The second-order valence-corrected chi connectivity index (χ2v) is 6.92. The highest BCUT2D eigenvalue weighted by Gasteiger charge is 2.62. The summed E-state index contributed by atoms with van der Waals surface area (Å²) in [6.45, 7) is 2.58. The maximum atomic E-state index is 12.6. The van der Waals surface area contributed by atoms with E-state index in [1.165, 1.54) is 12.8 Å². The number of aliphatic carboxylic acids is 1. The topological polar surface area (TPSA) is 74.0 Å². The molecular formula is C16H20N2O4. The maximum Gasteiger partial charge on any atom is 0.313 e. The lowest BCUT2D eigenvalue weighted by atomic mass is 9.81. The Hall–Kier alpha value is -1.82. The minimum Gasteiger partial charge on any atom is -0.481 e. The molecule has 2 saturated heterocycles. The fraction of sp³-hybridized carbons (Fsp3) is 0.625. The van der Waals surface area contributed by atoms with Gasteiger partial charge in [0.2, 0.25) is 5.91 Å². The molecule has 1 aromatic rings. The van der Waals surface area contributed by atoms with Crippen molar-refractivity contribution in [3.05, 3.63) is 24.2 Å². The van der Waals surface area contributed by atoms with Gasteiger partial charge in [0.25, 0.3) is 0 Å². The highest BCUT2D eigenvalue weighted by molar-refractivity contribution is 5.92. The maximum absolute atomic E-state index is 12.6. The minimum absolute atomic E-state index is 0.0243. The van der Waals surface area contributed by atoms with E-state index in [2.05, 4.69) is 0 Å². The number of furan rings is 1. The van der Waals surface area contributed by atoms with Gasteiger partial charge in [-0.05, 0) is 30.9 Å². The Balaban J connectivity index is 1.52. The number of hydrogen-bond acceptors (Lipinski definition) is 4. The van der Waals surface area contributed by atoms with E-state index in [4.69, 9.17) is 4.42 Å². The average molecular weight is 304 g/mol. The summed E-state index contributed by atoms with van der Waals surface area (Å²) in [5.74, 6) is 0.164. The van der Waals surface area contributed by atoms with Crippen molar-refractivity contribution in [3.63, 3.8) is 0 Å². The van der Waals surface area contributed by atoms with Crippen LogP contribution in [0.15, 0.2) is 22.8 Å². The molecular weight excluding hydrogens is 284 g/mol. The summed E-state index contributed by atoms with van der Waals surface area (Å²) >= 11 is 0. The summed E-state index contributed by atoms with van der Waals surface area (Å²) in [4.78, 5) is 28.4. The van der Waals surface area contributed by atoms with Gasteiger partial charge < -0.3 is 14.4 Å². The molecule has 1 N–H and O–H groups in total. The molecule has 3 aliphatic rings. The second kappa shape index (κ2) is 4.84. The molecule has 22 heavy (non-hydrogen) atoms. The lowest BCUT2D eigenvalue weighted by Gasteiger charge is -2.24. The van der Waals surface area contributed by atoms with Crippen molar-refractivity contribution >= 4 is 11.9 Å². The third-order valence-corrected chi connectivity index (χ3v) is 5.26. The summed E-state index contributed by atoms with van der Waals surface area (Å²) in [5.41, 5.74) is -0.946. The van der Waals surface area contributed by atoms with Crippen LogP contribution in [0.1, 0.15) is 18.6 Å². The molecule has 1 amide bonds. The highest BCUT2D eigenvalue weighted by Crippen LogP contribution is 2.45. The average Bonchev–Trinajstić information content (AvgIpc) is 2.91. The number of likely N-dealkylation sites (tertiary alicyclic amines) is 2. The van der Waals surface area contributed by atoms with Crippen LogP contribution in [0.5, 0.6) is 0 Å².